The Balaban J connectivity index is 1.93. The van der Waals surface area contributed by atoms with Gasteiger partial charge in [0, 0.05) is 4.90 Å². The first kappa shape index (κ1) is 15.3. The van der Waals surface area contributed by atoms with Gasteiger partial charge in [-0.2, -0.15) is 0 Å². The van der Waals surface area contributed by atoms with E-state index < -0.39 is 15.8 Å². The van der Waals surface area contributed by atoms with Crippen molar-refractivity contribution < 1.29 is 12.8 Å². The number of sulfonamides is 1. The molecule has 8 heteroatoms. The Morgan fingerprint density at radius 1 is 1.18 bits per heavy atom. The second-order valence-corrected chi connectivity index (χ2v) is 8.00. The number of benzene rings is 2. The van der Waals surface area contributed by atoms with Crippen LogP contribution in [0.2, 0.25) is 0 Å². The van der Waals surface area contributed by atoms with E-state index in [1.54, 1.807) is 11.8 Å². The minimum Gasteiger partial charge on any atom is -0.255 e. The summed E-state index contributed by atoms with van der Waals surface area (Å²) >= 11 is 2.87. The number of halogens is 1. The monoisotopic (exact) mass is 354 g/mol. The number of aromatic nitrogens is 1. The van der Waals surface area contributed by atoms with Crippen LogP contribution in [0.15, 0.2) is 52.3 Å². The molecule has 0 saturated heterocycles. The third-order valence-corrected chi connectivity index (χ3v) is 6.08. The molecule has 1 aromatic heterocycles. The predicted octanol–water partition coefficient (Wildman–Crippen LogP) is 3.96. The Bertz CT molecular complexity index is 921. The zero-order chi connectivity index (χ0) is 15.7. The van der Waals surface area contributed by atoms with Gasteiger partial charge in [-0.1, -0.05) is 11.3 Å². The first-order valence-corrected chi connectivity index (χ1v) is 9.73. The Morgan fingerprint density at radius 2 is 1.91 bits per heavy atom. The number of thiazole rings is 1. The van der Waals surface area contributed by atoms with Crippen LogP contribution < -0.4 is 4.72 Å². The molecule has 0 aliphatic rings. The first-order valence-electron chi connectivity index (χ1n) is 6.21. The molecule has 1 N–H and O–H groups in total. The molecule has 114 valence electrons. The molecule has 0 fully saturated rings. The van der Waals surface area contributed by atoms with Crippen molar-refractivity contribution >= 4 is 48.5 Å². The number of thioether (sulfide) groups is 1. The van der Waals surface area contributed by atoms with E-state index >= 15 is 0 Å². The summed E-state index contributed by atoms with van der Waals surface area (Å²) in [5.41, 5.74) is 0.736. The highest BCUT2D eigenvalue weighted by molar-refractivity contribution is 7.98. The predicted molar refractivity (Wildman–Crippen MR) is 88.6 cm³/mol. The average Bonchev–Trinajstić information content (AvgIpc) is 2.87. The molecule has 22 heavy (non-hydrogen) atoms. The van der Waals surface area contributed by atoms with Gasteiger partial charge in [0.15, 0.2) is 5.13 Å². The standard InChI is InChI=1S/C14H11FN2O2S3/c1-20-10-4-7-12-13(8-10)21-14(16-12)17-22(18,19)11-5-2-9(15)3-6-11/h2-8H,1H3,(H,16,17). The highest BCUT2D eigenvalue weighted by atomic mass is 32.2. The Labute approximate surface area is 135 Å². The maximum Gasteiger partial charge on any atom is 0.263 e. The fourth-order valence-corrected chi connectivity index (χ4v) is 4.52. The van der Waals surface area contributed by atoms with Crippen LogP contribution in [0, 0.1) is 5.82 Å². The van der Waals surface area contributed by atoms with Crippen LogP contribution in [0.5, 0.6) is 0 Å². The van der Waals surface area contributed by atoms with E-state index in [0.29, 0.717) is 0 Å². The SMILES string of the molecule is CSc1ccc2nc(NS(=O)(=O)c3ccc(F)cc3)sc2c1. The van der Waals surface area contributed by atoms with Gasteiger partial charge >= 0.3 is 0 Å². The molecule has 0 unspecified atom stereocenters. The fraction of sp³-hybridized carbons (Fsp3) is 0.0714. The quantitative estimate of drug-likeness (QED) is 0.721. The van der Waals surface area contributed by atoms with Crippen molar-refractivity contribution in [3.8, 4) is 0 Å². The van der Waals surface area contributed by atoms with Crippen LogP contribution in [0.4, 0.5) is 9.52 Å². The minimum absolute atomic E-state index is 0.00189. The number of anilines is 1. The van der Waals surface area contributed by atoms with Crippen LogP contribution in [-0.2, 0) is 10.0 Å². The molecule has 4 nitrogen and oxygen atoms in total. The second kappa shape index (κ2) is 5.86. The molecule has 3 rings (SSSR count). The number of nitrogens with one attached hydrogen (secondary N) is 1. The number of rotatable bonds is 4. The molecule has 0 bridgehead atoms. The number of hydrogen-bond donors (Lipinski definition) is 1. The zero-order valence-electron chi connectivity index (χ0n) is 11.4. The van der Waals surface area contributed by atoms with Crippen molar-refractivity contribution in [3.63, 3.8) is 0 Å². The Morgan fingerprint density at radius 3 is 2.59 bits per heavy atom. The zero-order valence-corrected chi connectivity index (χ0v) is 13.9. The number of nitrogens with zero attached hydrogens (tertiary/aromatic N) is 1. The molecule has 0 radical (unpaired) electrons. The molecule has 2 aromatic carbocycles. The van der Waals surface area contributed by atoms with Gasteiger partial charge in [-0.05, 0) is 48.7 Å². The highest BCUT2D eigenvalue weighted by Gasteiger charge is 2.16. The summed E-state index contributed by atoms with van der Waals surface area (Å²) in [5.74, 6) is -0.483. The normalized spacial score (nSPS) is 11.7. The van der Waals surface area contributed by atoms with Crippen LogP contribution in [0.3, 0.4) is 0 Å². The molecular formula is C14H11FN2O2S3. The summed E-state index contributed by atoms with van der Waals surface area (Å²) in [7, 11) is -3.77. The van der Waals surface area contributed by atoms with Crippen molar-refractivity contribution in [1.82, 2.24) is 4.98 Å². The summed E-state index contributed by atoms with van der Waals surface area (Å²) in [6.45, 7) is 0. The number of fused-ring (bicyclic) bond motifs is 1. The summed E-state index contributed by atoms with van der Waals surface area (Å²) in [4.78, 5) is 5.35. The molecule has 0 aliphatic heterocycles. The van der Waals surface area contributed by atoms with Gasteiger partial charge in [0.25, 0.3) is 10.0 Å². The topological polar surface area (TPSA) is 59.1 Å². The van der Waals surface area contributed by atoms with Gasteiger partial charge in [-0.3, -0.25) is 4.72 Å². The minimum atomic E-state index is -3.77. The maximum atomic E-state index is 12.9. The Kier molecular flexibility index (Phi) is 4.07. The van der Waals surface area contributed by atoms with Crippen molar-refractivity contribution in [2.24, 2.45) is 0 Å². The Hall–Kier alpha value is -1.64. The van der Waals surface area contributed by atoms with Gasteiger partial charge in [0.05, 0.1) is 15.1 Å². The van der Waals surface area contributed by atoms with E-state index in [9.17, 15) is 12.8 Å². The van der Waals surface area contributed by atoms with Crippen molar-refractivity contribution in [1.29, 1.82) is 0 Å². The van der Waals surface area contributed by atoms with Crippen LogP contribution in [-0.4, -0.2) is 19.7 Å². The summed E-state index contributed by atoms with van der Waals surface area (Å²) in [6.07, 6.45) is 1.97. The summed E-state index contributed by atoms with van der Waals surface area (Å²) < 4.78 is 40.7. The third-order valence-electron chi connectivity index (χ3n) is 2.94. The summed E-state index contributed by atoms with van der Waals surface area (Å²) in [5, 5.41) is 0.289. The lowest BCUT2D eigenvalue weighted by Gasteiger charge is -2.04. The van der Waals surface area contributed by atoms with Gasteiger partial charge in [-0.15, -0.1) is 11.8 Å². The third kappa shape index (κ3) is 3.08. The smallest absolute Gasteiger partial charge is 0.255 e. The average molecular weight is 354 g/mol. The van der Waals surface area contributed by atoms with E-state index in [1.165, 1.54) is 23.5 Å². The van der Waals surface area contributed by atoms with Crippen molar-refractivity contribution in [2.45, 2.75) is 9.79 Å². The fourth-order valence-electron chi connectivity index (χ4n) is 1.86. The first-order chi connectivity index (χ1) is 10.5. The largest absolute Gasteiger partial charge is 0.263 e. The molecule has 0 spiro atoms. The highest BCUT2D eigenvalue weighted by Crippen LogP contribution is 2.30. The maximum absolute atomic E-state index is 12.9. The number of hydrogen-bond acceptors (Lipinski definition) is 5. The lowest BCUT2D eigenvalue weighted by molar-refractivity contribution is 0.599. The van der Waals surface area contributed by atoms with Crippen LogP contribution in [0.1, 0.15) is 0 Å². The van der Waals surface area contributed by atoms with Gasteiger partial charge < -0.3 is 0 Å². The van der Waals surface area contributed by atoms with Gasteiger partial charge in [-0.25, -0.2) is 17.8 Å². The van der Waals surface area contributed by atoms with Crippen molar-refractivity contribution in [2.75, 3.05) is 11.0 Å². The van der Waals surface area contributed by atoms with E-state index in [-0.39, 0.29) is 10.0 Å². The van der Waals surface area contributed by atoms with E-state index in [1.807, 2.05) is 24.5 Å². The van der Waals surface area contributed by atoms with Gasteiger partial charge in [0.2, 0.25) is 0 Å². The summed E-state index contributed by atoms with van der Waals surface area (Å²) in [6, 6.07) is 10.4. The molecule has 0 atom stereocenters. The molecule has 0 aliphatic carbocycles. The van der Waals surface area contributed by atoms with E-state index in [4.69, 9.17) is 0 Å². The van der Waals surface area contributed by atoms with E-state index in [2.05, 4.69) is 9.71 Å². The molecule has 1 heterocycles. The second-order valence-electron chi connectivity index (χ2n) is 4.41. The van der Waals surface area contributed by atoms with E-state index in [0.717, 1.165) is 27.2 Å². The molecule has 0 saturated carbocycles. The van der Waals surface area contributed by atoms with Crippen molar-refractivity contribution in [3.05, 3.63) is 48.3 Å². The lowest BCUT2D eigenvalue weighted by atomic mass is 10.3. The van der Waals surface area contributed by atoms with Crippen LogP contribution >= 0.6 is 23.1 Å². The molecular weight excluding hydrogens is 343 g/mol. The van der Waals surface area contributed by atoms with Crippen LogP contribution in [0.25, 0.3) is 10.2 Å². The molecule has 0 amide bonds. The molecule has 3 aromatic rings. The lowest BCUT2D eigenvalue weighted by Crippen LogP contribution is -2.12. The van der Waals surface area contributed by atoms with Gasteiger partial charge in [0.1, 0.15) is 5.82 Å².